The molecule has 0 bridgehead atoms. The molecule has 2 fully saturated rings. The van der Waals surface area contributed by atoms with Crippen LogP contribution >= 0.6 is 9.47 Å². The minimum Gasteiger partial charge on any atom is -0.506 e. The monoisotopic (exact) mass is 466 g/mol. The number of aliphatic hydroxyl groups excluding tert-OH is 1. The Kier molecular flexibility index (Phi) is 6.31. The van der Waals surface area contributed by atoms with E-state index < -0.39 is 52.9 Å². The molecule has 1 spiro atoms. The number of methoxy groups -OCH3 is 1. The number of aryl methyl sites for hydroxylation is 1. The lowest BCUT2D eigenvalue weighted by Crippen LogP contribution is -2.65. The Morgan fingerprint density at radius 3 is 2.56 bits per heavy atom. The van der Waals surface area contributed by atoms with Crippen molar-refractivity contribution >= 4 is 26.2 Å². The first-order valence-corrected chi connectivity index (χ1v) is 10.9. The number of ether oxygens (including phenoxy) is 3. The lowest BCUT2D eigenvalue weighted by molar-refractivity contribution is -0.307. The summed E-state index contributed by atoms with van der Waals surface area (Å²) in [5, 5.41) is 21.6. The number of Topliss-reactive ketones (excluding diaryl/α,β-unsaturated/α-hetero) is 1. The number of aromatic hydroxyl groups is 1. The topological polar surface area (TPSA) is 125 Å². The zero-order valence-corrected chi connectivity index (χ0v) is 19.3. The van der Waals surface area contributed by atoms with Crippen LogP contribution in [0.4, 0.5) is 0 Å². The lowest BCUT2D eigenvalue weighted by atomic mass is 9.85. The third-order valence-electron chi connectivity index (χ3n) is 6.49. The zero-order chi connectivity index (χ0) is 23.2. The van der Waals surface area contributed by atoms with Crippen LogP contribution in [0.1, 0.15) is 48.5 Å². The molecule has 2 N–H and O–H groups in total. The second kappa shape index (κ2) is 8.72. The van der Waals surface area contributed by atoms with E-state index in [1.165, 1.54) is 20.1 Å². The number of aliphatic hydroxyl groups is 1. The highest BCUT2D eigenvalue weighted by Crippen LogP contribution is 2.45. The van der Waals surface area contributed by atoms with Gasteiger partial charge in [0.25, 0.3) is 0 Å². The largest absolute Gasteiger partial charge is 0.506 e. The Morgan fingerprint density at radius 1 is 1.28 bits per heavy atom. The highest BCUT2D eigenvalue weighted by Gasteiger charge is 2.57. The minimum absolute atomic E-state index is 0.0973. The van der Waals surface area contributed by atoms with E-state index in [-0.39, 0.29) is 11.0 Å². The van der Waals surface area contributed by atoms with Crippen molar-refractivity contribution in [1.29, 1.82) is 0 Å². The van der Waals surface area contributed by atoms with Crippen molar-refractivity contribution in [3.05, 3.63) is 33.7 Å². The highest BCUT2D eigenvalue weighted by molar-refractivity contribution is 7.09. The van der Waals surface area contributed by atoms with Gasteiger partial charge in [0, 0.05) is 22.1 Å². The maximum absolute atomic E-state index is 12.2. The molecule has 2 heterocycles. The first kappa shape index (κ1) is 23.1. The first-order valence-electron chi connectivity index (χ1n) is 10.4. The van der Waals surface area contributed by atoms with E-state index in [4.69, 9.17) is 23.2 Å². The number of carbonyl (C=O) groups excluding carboxylic acids is 1. The minimum atomic E-state index is -0.991. The van der Waals surface area contributed by atoms with E-state index in [2.05, 4.69) is 9.47 Å². The van der Waals surface area contributed by atoms with Crippen LogP contribution in [0.3, 0.4) is 0 Å². The summed E-state index contributed by atoms with van der Waals surface area (Å²) >= 11 is 0. The number of benzene rings is 1. The predicted octanol–water partition coefficient (Wildman–Crippen LogP) is 2.61. The van der Waals surface area contributed by atoms with Gasteiger partial charge in [0.2, 0.25) is 6.29 Å². The fourth-order valence-corrected chi connectivity index (χ4v) is 5.19. The molecule has 2 aliphatic rings. The maximum atomic E-state index is 12.2. The second-order valence-electron chi connectivity index (χ2n) is 8.36. The summed E-state index contributed by atoms with van der Waals surface area (Å²) in [7, 11) is 3.66. The van der Waals surface area contributed by atoms with Crippen LogP contribution in [0.2, 0.25) is 0 Å². The second-order valence-corrected chi connectivity index (χ2v) is 8.63. The number of hydrogen-bond donors (Lipinski definition) is 2. The number of ketones is 1. The van der Waals surface area contributed by atoms with Gasteiger partial charge in [-0.15, -0.1) is 0 Å². The van der Waals surface area contributed by atoms with Crippen LogP contribution in [0.15, 0.2) is 21.3 Å². The molecule has 32 heavy (non-hydrogen) atoms. The SMILES string of the molecule is CO[C@@H]1[C@@H](O)C(OP)[C@H](Oc2ccc3c(O)c(C(C)=O)c(=O)oc3c2C)OC12CCCC2. The van der Waals surface area contributed by atoms with Gasteiger partial charge < -0.3 is 33.4 Å². The first-order chi connectivity index (χ1) is 15.2. The summed E-state index contributed by atoms with van der Waals surface area (Å²) in [4.78, 5) is 24.0. The Labute approximate surface area is 186 Å². The molecule has 10 heteroatoms. The number of carbonyl (C=O) groups is 1. The summed E-state index contributed by atoms with van der Waals surface area (Å²) < 4.78 is 28.8. The van der Waals surface area contributed by atoms with Gasteiger partial charge >= 0.3 is 5.63 Å². The van der Waals surface area contributed by atoms with Gasteiger partial charge in [0.05, 0.1) is 5.39 Å². The molecule has 1 aliphatic carbocycles. The summed E-state index contributed by atoms with van der Waals surface area (Å²) in [6.07, 6.45) is -0.0266. The summed E-state index contributed by atoms with van der Waals surface area (Å²) in [5.74, 6) is -0.693. The van der Waals surface area contributed by atoms with Crippen molar-refractivity contribution in [1.82, 2.24) is 0 Å². The molecule has 1 aromatic carbocycles. The average Bonchev–Trinajstić information content (AvgIpc) is 3.19. The van der Waals surface area contributed by atoms with E-state index in [0.29, 0.717) is 11.3 Å². The number of rotatable bonds is 5. The van der Waals surface area contributed by atoms with Gasteiger partial charge in [-0.1, -0.05) is 12.8 Å². The van der Waals surface area contributed by atoms with Crippen LogP contribution in [0, 0.1) is 6.92 Å². The Hall–Kier alpha value is -2.03. The van der Waals surface area contributed by atoms with Crippen LogP contribution in [0.25, 0.3) is 11.0 Å². The average molecular weight is 466 g/mol. The van der Waals surface area contributed by atoms with Crippen molar-refractivity contribution in [2.45, 2.75) is 69.7 Å². The van der Waals surface area contributed by atoms with Crippen LogP contribution in [-0.4, -0.2) is 53.3 Å². The molecule has 174 valence electrons. The molecular formula is C22H27O9P. The summed E-state index contributed by atoms with van der Waals surface area (Å²) in [5.41, 5.74) is -1.48. The van der Waals surface area contributed by atoms with E-state index >= 15 is 0 Å². The smallest absolute Gasteiger partial charge is 0.351 e. The van der Waals surface area contributed by atoms with Crippen LogP contribution in [-0.2, 0) is 14.0 Å². The van der Waals surface area contributed by atoms with E-state index in [1.54, 1.807) is 13.0 Å². The van der Waals surface area contributed by atoms with E-state index in [0.717, 1.165) is 25.7 Å². The molecule has 0 radical (unpaired) electrons. The Morgan fingerprint density at radius 2 is 1.97 bits per heavy atom. The van der Waals surface area contributed by atoms with Crippen molar-refractivity contribution < 1.29 is 38.2 Å². The molecular weight excluding hydrogens is 439 g/mol. The molecule has 2 aromatic rings. The normalized spacial score (nSPS) is 27.2. The van der Waals surface area contributed by atoms with Gasteiger partial charge in [-0.3, -0.25) is 4.79 Å². The third-order valence-corrected chi connectivity index (χ3v) is 6.80. The standard InChI is InChI=1S/C22H27O9P/c1-10-13(7-6-12-15(24)14(11(2)23)20(26)29-17(10)12)28-21-18(31-32)16(25)19(27-3)22(30-21)8-4-5-9-22/h6-7,16,18-19,21,24-25H,4-5,8-9,32H2,1-3H3/t16-,18?,19+,21+/m0/s1. The number of hydrogen-bond acceptors (Lipinski definition) is 9. The lowest BCUT2D eigenvalue weighted by Gasteiger charge is -2.49. The molecule has 0 amide bonds. The van der Waals surface area contributed by atoms with Gasteiger partial charge in [-0.2, -0.15) is 0 Å². The summed E-state index contributed by atoms with van der Waals surface area (Å²) in [6.45, 7) is 2.84. The third kappa shape index (κ3) is 3.62. The molecule has 9 nitrogen and oxygen atoms in total. The number of fused-ring (bicyclic) bond motifs is 1. The Balaban J connectivity index is 1.73. The van der Waals surface area contributed by atoms with Crippen LogP contribution in [0.5, 0.6) is 11.5 Å². The van der Waals surface area contributed by atoms with Crippen molar-refractivity contribution in [2.75, 3.05) is 7.11 Å². The van der Waals surface area contributed by atoms with Crippen LogP contribution < -0.4 is 10.4 Å². The molecule has 5 atom stereocenters. The van der Waals surface area contributed by atoms with Gasteiger partial charge in [0.15, 0.2) is 11.9 Å². The molecule has 1 aliphatic heterocycles. The molecule has 4 rings (SSSR count). The molecule has 2 unspecified atom stereocenters. The Bertz CT molecular complexity index is 1090. The fourth-order valence-electron chi connectivity index (χ4n) is 4.91. The molecule has 1 saturated carbocycles. The molecule has 1 saturated heterocycles. The van der Waals surface area contributed by atoms with Crippen molar-refractivity contribution in [3.8, 4) is 11.5 Å². The van der Waals surface area contributed by atoms with E-state index in [1.807, 2.05) is 0 Å². The van der Waals surface area contributed by atoms with Gasteiger partial charge in [0.1, 0.15) is 40.5 Å². The maximum Gasteiger partial charge on any atom is 0.351 e. The zero-order valence-electron chi connectivity index (χ0n) is 18.1. The fraction of sp³-hybridized carbons (Fsp3) is 0.545. The van der Waals surface area contributed by atoms with Crippen molar-refractivity contribution in [2.24, 2.45) is 0 Å². The predicted molar refractivity (Wildman–Crippen MR) is 117 cm³/mol. The highest BCUT2D eigenvalue weighted by atomic mass is 31.0. The van der Waals surface area contributed by atoms with Gasteiger partial charge in [-0.25, -0.2) is 4.79 Å². The molecule has 1 aromatic heterocycles. The van der Waals surface area contributed by atoms with E-state index in [9.17, 15) is 19.8 Å². The van der Waals surface area contributed by atoms with Crippen molar-refractivity contribution in [3.63, 3.8) is 0 Å². The van der Waals surface area contributed by atoms with Gasteiger partial charge in [-0.05, 0) is 38.8 Å². The summed E-state index contributed by atoms with van der Waals surface area (Å²) in [6, 6.07) is 3.09. The quantitative estimate of drug-likeness (QED) is 0.389.